The van der Waals surface area contributed by atoms with E-state index in [4.69, 9.17) is 11.6 Å². The van der Waals surface area contributed by atoms with E-state index in [0.717, 1.165) is 35.6 Å². The summed E-state index contributed by atoms with van der Waals surface area (Å²) in [5.74, 6) is -0.334. The number of fused-ring (bicyclic) bond motifs is 1. The highest BCUT2D eigenvalue weighted by Crippen LogP contribution is 2.19. The number of H-pyrrole nitrogens is 1. The number of nitrogens with zero attached hydrogens (tertiary/aromatic N) is 2. The molecule has 1 N–H and O–H groups in total. The molecule has 2 aromatic carbocycles. The van der Waals surface area contributed by atoms with Crippen LogP contribution < -0.4 is 0 Å². The first kappa shape index (κ1) is 17.1. The Morgan fingerprint density at radius 3 is 2.50 bits per heavy atom. The largest absolute Gasteiger partial charge is 0.351 e. The summed E-state index contributed by atoms with van der Waals surface area (Å²) in [6, 6.07) is 14.1. The summed E-state index contributed by atoms with van der Waals surface area (Å²) in [6.07, 6.45) is 0. The molecule has 1 fully saturated rings. The monoisotopic (exact) mass is 371 g/mol. The van der Waals surface area contributed by atoms with Crippen LogP contribution >= 0.6 is 11.6 Å². The SMILES string of the molecule is O=C(c1cc2cc(F)ccc2[nH]1)N1CCN(Cc2ccc(Cl)cc2)CC1. The van der Waals surface area contributed by atoms with Crippen LogP contribution in [-0.4, -0.2) is 46.9 Å². The highest BCUT2D eigenvalue weighted by Gasteiger charge is 2.23. The maximum absolute atomic E-state index is 13.3. The summed E-state index contributed by atoms with van der Waals surface area (Å²) in [4.78, 5) is 20.0. The number of carbonyl (C=O) groups excluding carboxylic acids is 1. The lowest BCUT2D eigenvalue weighted by Gasteiger charge is -2.34. The van der Waals surface area contributed by atoms with E-state index in [1.165, 1.54) is 17.7 Å². The molecule has 0 saturated carbocycles. The quantitative estimate of drug-likeness (QED) is 0.758. The molecule has 4 rings (SSSR count). The van der Waals surface area contributed by atoms with E-state index in [-0.39, 0.29) is 11.7 Å². The summed E-state index contributed by atoms with van der Waals surface area (Å²) < 4.78 is 13.3. The van der Waals surface area contributed by atoms with Crippen molar-refractivity contribution < 1.29 is 9.18 Å². The standard InChI is InChI=1S/C20H19ClFN3O/c21-16-3-1-14(2-4-16)13-24-7-9-25(10-8-24)20(26)19-12-15-11-17(22)5-6-18(15)23-19/h1-6,11-12,23H,7-10,13H2. The molecule has 1 amide bonds. The molecule has 0 atom stereocenters. The van der Waals surface area contributed by atoms with Crippen molar-refractivity contribution in [1.82, 2.24) is 14.8 Å². The minimum atomic E-state index is -0.300. The fourth-order valence-electron chi connectivity index (χ4n) is 3.35. The van der Waals surface area contributed by atoms with E-state index < -0.39 is 0 Å². The van der Waals surface area contributed by atoms with Crippen molar-refractivity contribution in [2.75, 3.05) is 26.2 Å². The summed E-state index contributed by atoms with van der Waals surface area (Å²) in [7, 11) is 0. The van der Waals surface area contributed by atoms with Gasteiger partial charge >= 0.3 is 0 Å². The maximum atomic E-state index is 13.3. The molecule has 2 heterocycles. The van der Waals surface area contributed by atoms with Crippen LogP contribution in [0.3, 0.4) is 0 Å². The molecule has 0 unspecified atom stereocenters. The molecule has 26 heavy (non-hydrogen) atoms. The second kappa shape index (κ2) is 7.09. The van der Waals surface area contributed by atoms with Crippen LogP contribution in [0.4, 0.5) is 4.39 Å². The number of hydrogen-bond donors (Lipinski definition) is 1. The first-order valence-corrected chi connectivity index (χ1v) is 9.01. The predicted molar refractivity (Wildman–Crippen MR) is 101 cm³/mol. The molecule has 0 spiro atoms. The van der Waals surface area contributed by atoms with E-state index in [0.29, 0.717) is 18.8 Å². The van der Waals surface area contributed by atoms with Crippen molar-refractivity contribution in [2.24, 2.45) is 0 Å². The topological polar surface area (TPSA) is 39.3 Å². The van der Waals surface area contributed by atoms with E-state index in [1.54, 1.807) is 12.1 Å². The lowest BCUT2D eigenvalue weighted by atomic mass is 10.2. The zero-order chi connectivity index (χ0) is 18.1. The van der Waals surface area contributed by atoms with E-state index in [9.17, 15) is 9.18 Å². The Morgan fingerprint density at radius 2 is 1.77 bits per heavy atom. The van der Waals surface area contributed by atoms with Crippen LogP contribution in [0, 0.1) is 5.82 Å². The van der Waals surface area contributed by atoms with Crippen LogP contribution in [0.1, 0.15) is 16.1 Å². The summed E-state index contributed by atoms with van der Waals surface area (Å²) in [5.41, 5.74) is 2.50. The van der Waals surface area contributed by atoms with Gasteiger partial charge in [-0.3, -0.25) is 9.69 Å². The number of aromatic amines is 1. The second-order valence-electron chi connectivity index (χ2n) is 6.61. The second-order valence-corrected chi connectivity index (χ2v) is 7.05. The first-order chi connectivity index (χ1) is 12.6. The van der Waals surface area contributed by atoms with Gasteiger partial charge in [-0.1, -0.05) is 23.7 Å². The van der Waals surface area contributed by atoms with Crippen molar-refractivity contribution in [1.29, 1.82) is 0 Å². The van der Waals surface area contributed by atoms with Gasteiger partial charge in [-0.05, 0) is 42.0 Å². The molecule has 0 bridgehead atoms. The number of aromatic nitrogens is 1. The Kier molecular flexibility index (Phi) is 4.66. The molecular weight excluding hydrogens is 353 g/mol. The third kappa shape index (κ3) is 3.59. The van der Waals surface area contributed by atoms with Crippen molar-refractivity contribution in [2.45, 2.75) is 6.54 Å². The Labute approximate surface area is 156 Å². The van der Waals surface area contributed by atoms with E-state index >= 15 is 0 Å². The van der Waals surface area contributed by atoms with Crippen LogP contribution in [0.2, 0.25) is 5.02 Å². The summed E-state index contributed by atoms with van der Waals surface area (Å²) in [5, 5.41) is 1.46. The predicted octanol–water partition coefficient (Wildman–Crippen LogP) is 3.92. The van der Waals surface area contributed by atoms with Crippen molar-refractivity contribution >= 4 is 28.4 Å². The molecular formula is C20H19ClFN3O. The third-order valence-electron chi connectivity index (χ3n) is 4.79. The number of piperazine rings is 1. The van der Waals surface area contributed by atoms with Crippen LogP contribution in [0.5, 0.6) is 0 Å². The van der Waals surface area contributed by atoms with Gasteiger partial charge in [-0.25, -0.2) is 4.39 Å². The van der Waals surface area contributed by atoms with Gasteiger partial charge in [0.25, 0.3) is 5.91 Å². The zero-order valence-electron chi connectivity index (χ0n) is 14.2. The Hall–Kier alpha value is -2.37. The number of rotatable bonds is 3. The highest BCUT2D eigenvalue weighted by atomic mass is 35.5. The number of hydrogen-bond acceptors (Lipinski definition) is 2. The van der Waals surface area contributed by atoms with Gasteiger partial charge in [0.05, 0.1) is 0 Å². The fourth-order valence-corrected chi connectivity index (χ4v) is 3.47. The van der Waals surface area contributed by atoms with Gasteiger partial charge in [-0.15, -0.1) is 0 Å². The Balaban J connectivity index is 1.38. The molecule has 1 aliphatic heterocycles. The minimum absolute atomic E-state index is 0.0345. The van der Waals surface area contributed by atoms with Crippen LogP contribution in [0.25, 0.3) is 10.9 Å². The molecule has 1 saturated heterocycles. The lowest BCUT2D eigenvalue weighted by Crippen LogP contribution is -2.48. The van der Waals surface area contributed by atoms with Crippen molar-refractivity contribution in [3.8, 4) is 0 Å². The van der Waals surface area contributed by atoms with Crippen molar-refractivity contribution in [3.63, 3.8) is 0 Å². The van der Waals surface area contributed by atoms with Gasteiger partial charge in [0.1, 0.15) is 11.5 Å². The lowest BCUT2D eigenvalue weighted by molar-refractivity contribution is 0.0623. The van der Waals surface area contributed by atoms with Crippen LogP contribution in [-0.2, 0) is 6.54 Å². The molecule has 4 nitrogen and oxygen atoms in total. The summed E-state index contributed by atoms with van der Waals surface area (Å²) >= 11 is 5.92. The smallest absolute Gasteiger partial charge is 0.270 e. The highest BCUT2D eigenvalue weighted by molar-refractivity contribution is 6.30. The molecule has 0 aliphatic carbocycles. The average Bonchev–Trinajstić information content (AvgIpc) is 3.07. The van der Waals surface area contributed by atoms with Crippen LogP contribution in [0.15, 0.2) is 48.5 Å². The number of benzene rings is 2. The van der Waals surface area contributed by atoms with Gasteiger partial charge in [-0.2, -0.15) is 0 Å². The van der Waals surface area contributed by atoms with Gasteiger partial charge in [0.2, 0.25) is 0 Å². The fraction of sp³-hybridized carbons (Fsp3) is 0.250. The third-order valence-corrected chi connectivity index (χ3v) is 5.04. The zero-order valence-corrected chi connectivity index (χ0v) is 15.0. The van der Waals surface area contributed by atoms with E-state index in [1.807, 2.05) is 29.2 Å². The van der Waals surface area contributed by atoms with E-state index in [2.05, 4.69) is 9.88 Å². The number of amides is 1. The molecule has 0 radical (unpaired) electrons. The molecule has 1 aliphatic rings. The number of carbonyl (C=O) groups is 1. The first-order valence-electron chi connectivity index (χ1n) is 8.63. The average molecular weight is 372 g/mol. The molecule has 134 valence electrons. The van der Waals surface area contributed by atoms with Gasteiger partial charge in [0, 0.05) is 48.6 Å². The number of halogens is 2. The maximum Gasteiger partial charge on any atom is 0.270 e. The molecule has 6 heteroatoms. The molecule has 3 aromatic rings. The normalized spacial score (nSPS) is 15.5. The number of nitrogens with one attached hydrogen (secondary N) is 1. The molecule has 1 aromatic heterocycles. The van der Waals surface area contributed by atoms with Crippen molar-refractivity contribution in [3.05, 3.63) is 70.6 Å². The Bertz CT molecular complexity index is 930. The van der Waals surface area contributed by atoms with Gasteiger partial charge < -0.3 is 9.88 Å². The minimum Gasteiger partial charge on any atom is -0.351 e. The Morgan fingerprint density at radius 1 is 1.04 bits per heavy atom. The van der Waals surface area contributed by atoms with Gasteiger partial charge in [0.15, 0.2) is 0 Å². The summed E-state index contributed by atoms with van der Waals surface area (Å²) in [6.45, 7) is 3.85.